The zero-order valence-electron chi connectivity index (χ0n) is 11.8. The van der Waals surface area contributed by atoms with E-state index in [1.165, 1.54) is 25.7 Å². The number of carboxylic acid groups (broad SMARTS) is 1. The number of amides is 2. The zero-order valence-corrected chi connectivity index (χ0v) is 11.8. The largest absolute Gasteiger partial charge is 0.482 e. The van der Waals surface area contributed by atoms with Crippen molar-refractivity contribution in [2.75, 3.05) is 18.5 Å². The molecule has 1 aliphatic rings. The molecule has 6 heteroatoms. The van der Waals surface area contributed by atoms with Crippen LogP contribution in [0.2, 0.25) is 0 Å². The number of anilines is 1. The number of carbonyl (C=O) groups excluding carboxylic acids is 1. The summed E-state index contributed by atoms with van der Waals surface area (Å²) in [5.41, 5.74) is 0.571. The highest BCUT2D eigenvalue weighted by molar-refractivity contribution is 5.89. The topological polar surface area (TPSA) is 87.7 Å². The molecule has 1 fully saturated rings. The molecule has 0 saturated heterocycles. The Hall–Kier alpha value is -2.24. The predicted octanol–water partition coefficient (Wildman–Crippen LogP) is 2.46. The monoisotopic (exact) mass is 292 g/mol. The molecule has 1 aromatic rings. The van der Waals surface area contributed by atoms with Crippen molar-refractivity contribution in [2.45, 2.75) is 25.7 Å². The van der Waals surface area contributed by atoms with Gasteiger partial charge in [-0.3, -0.25) is 0 Å². The Morgan fingerprint density at radius 2 is 2.05 bits per heavy atom. The van der Waals surface area contributed by atoms with Crippen molar-refractivity contribution in [2.24, 2.45) is 5.92 Å². The number of carbonyl (C=O) groups is 2. The summed E-state index contributed by atoms with van der Waals surface area (Å²) in [6.45, 7) is 0.290. The van der Waals surface area contributed by atoms with Gasteiger partial charge >= 0.3 is 12.0 Å². The highest BCUT2D eigenvalue weighted by Gasteiger charge is 2.15. The number of urea groups is 1. The van der Waals surface area contributed by atoms with Gasteiger partial charge in [-0.25, -0.2) is 9.59 Å². The maximum atomic E-state index is 11.8. The van der Waals surface area contributed by atoms with Gasteiger partial charge in [-0.2, -0.15) is 0 Å². The van der Waals surface area contributed by atoms with Crippen LogP contribution in [-0.2, 0) is 4.79 Å². The smallest absolute Gasteiger partial charge is 0.341 e. The Labute approximate surface area is 123 Å². The van der Waals surface area contributed by atoms with Crippen LogP contribution in [0.25, 0.3) is 0 Å². The third kappa shape index (κ3) is 5.33. The summed E-state index contributed by atoms with van der Waals surface area (Å²) >= 11 is 0. The van der Waals surface area contributed by atoms with Gasteiger partial charge in [-0.15, -0.1) is 0 Å². The van der Waals surface area contributed by atoms with E-state index in [2.05, 4.69) is 10.6 Å². The summed E-state index contributed by atoms with van der Waals surface area (Å²) in [5.74, 6) is -0.0466. The van der Waals surface area contributed by atoms with E-state index < -0.39 is 12.6 Å². The standard InChI is InChI=1S/C15H20N2O4/c18-14(19)10-21-13-7-3-6-12(8-13)17-15(20)16-9-11-4-1-2-5-11/h3,6-8,11H,1-2,4-5,9-10H2,(H,18,19)(H2,16,17,20). The van der Waals surface area contributed by atoms with Crippen molar-refractivity contribution in [3.63, 3.8) is 0 Å². The molecule has 21 heavy (non-hydrogen) atoms. The summed E-state index contributed by atoms with van der Waals surface area (Å²) in [4.78, 5) is 22.2. The number of hydrogen-bond acceptors (Lipinski definition) is 3. The van der Waals surface area contributed by atoms with E-state index in [0.29, 0.717) is 23.9 Å². The van der Waals surface area contributed by atoms with Crippen LogP contribution in [0.3, 0.4) is 0 Å². The molecule has 0 aromatic heterocycles. The van der Waals surface area contributed by atoms with Gasteiger partial charge in [0.2, 0.25) is 0 Å². The molecular weight excluding hydrogens is 272 g/mol. The number of hydrogen-bond donors (Lipinski definition) is 3. The molecule has 1 aliphatic carbocycles. The maximum absolute atomic E-state index is 11.8. The van der Waals surface area contributed by atoms with Crippen molar-refractivity contribution in [3.05, 3.63) is 24.3 Å². The highest BCUT2D eigenvalue weighted by atomic mass is 16.5. The SMILES string of the molecule is O=C(O)COc1cccc(NC(=O)NCC2CCCC2)c1. The average molecular weight is 292 g/mol. The molecule has 0 bridgehead atoms. The molecule has 3 N–H and O–H groups in total. The van der Waals surface area contributed by atoms with Crippen LogP contribution in [0.4, 0.5) is 10.5 Å². The Morgan fingerprint density at radius 3 is 2.76 bits per heavy atom. The molecule has 2 rings (SSSR count). The summed E-state index contributed by atoms with van der Waals surface area (Å²) < 4.78 is 5.06. The lowest BCUT2D eigenvalue weighted by atomic mass is 10.1. The van der Waals surface area contributed by atoms with Crippen molar-refractivity contribution < 1.29 is 19.4 Å². The van der Waals surface area contributed by atoms with E-state index in [1.807, 2.05) is 0 Å². The summed E-state index contributed by atoms with van der Waals surface area (Å²) in [6.07, 6.45) is 4.85. The Balaban J connectivity index is 1.79. The number of ether oxygens (including phenoxy) is 1. The highest BCUT2D eigenvalue weighted by Crippen LogP contribution is 2.23. The van der Waals surface area contributed by atoms with E-state index in [4.69, 9.17) is 9.84 Å². The minimum atomic E-state index is -1.04. The third-order valence-corrected chi connectivity index (χ3v) is 3.48. The normalized spacial score (nSPS) is 14.7. The Morgan fingerprint density at radius 1 is 1.29 bits per heavy atom. The first-order valence-corrected chi connectivity index (χ1v) is 7.13. The molecule has 114 valence electrons. The van der Waals surface area contributed by atoms with Gasteiger partial charge in [-0.05, 0) is 30.9 Å². The first-order chi connectivity index (χ1) is 10.1. The van der Waals surface area contributed by atoms with Crippen molar-refractivity contribution in [3.8, 4) is 5.75 Å². The van der Waals surface area contributed by atoms with Gasteiger partial charge < -0.3 is 20.5 Å². The molecule has 2 amide bonds. The fraction of sp³-hybridized carbons (Fsp3) is 0.467. The van der Waals surface area contributed by atoms with Crippen LogP contribution >= 0.6 is 0 Å². The van der Waals surface area contributed by atoms with Gasteiger partial charge in [0.15, 0.2) is 6.61 Å². The second-order valence-corrected chi connectivity index (χ2v) is 5.20. The molecule has 0 spiro atoms. The van der Waals surface area contributed by atoms with Crippen LogP contribution in [0, 0.1) is 5.92 Å². The maximum Gasteiger partial charge on any atom is 0.341 e. The van der Waals surface area contributed by atoms with E-state index in [9.17, 15) is 9.59 Å². The van der Waals surface area contributed by atoms with Gasteiger partial charge in [0, 0.05) is 18.3 Å². The molecule has 0 radical (unpaired) electrons. The number of carboxylic acids is 1. The van der Waals surface area contributed by atoms with Gasteiger partial charge in [0.25, 0.3) is 0 Å². The van der Waals surface area contributed by atoms with Crippen LogP contribution in [0.1, 0.15) is 25.7 Å². The third-order valence-electron chi connectivity index (χ3n) is 3.48. The summed E-state index contributed by atoms with van der Waals surface area (Å²) in [6, 6.07) is 6.41. The van der Waals surface area contributed by atoms with Gasteiger partial charge in [0.05, 0.1) is 0 Å². The second kappa shape index (κ2) is 7.52. The van der Waals surface area contributed by atoms with Crippen LogP contribution in [0.5, 0.6) is 5.75 Å². The average Bonchev–Trinajstić information content (AvgIpc) is 2.97. The molecule has 0 atom stereocenters. The first-order valence-electron chi connectivity index (χ1n) is 7.13. The fourth-order valence-corrected chi connectivity index (χ4v) is 2.44. The molecular formula is C15H20N2O4. The molecule has 0 aliphatic heterocycles. The minimum absolute atomic E-state index is 0.253. The van der Waals surface area contributed by atoms with Crippen molar-refractivity contribution >= 4 is 17.7 Å². The van der Waals surface area contributed by atoms with E-state index in [1.54, 1.807) is 24.3 Å². The predicted molar refractivity (Wildman–Crippen MR) is 78.6 cm³/mol. The minimum Gasteiger partial charge on any atom is -0.482 e. The summed E-state index contributed by atoms with van der Waals surface area (Å²) in [5, 5.41) is 14.1. The zero-order chi connectivity index (χ0) is 15.1. The number of nitrogens with one attached hydrogen (secondary N) is 2. The number of aliphatic carboxylic acids is 1. The molecule has 0 unspecified atom stereocenters. The van der Waals surface area contributed by atoms with Crippen LogP contribution in [-0.4, -0.2) is 30.3 Å². The molecule has 6 nitrogen and oxygen atoms in total. The van der Waals surface area contributed by atoms with E-state index in [0.717, 1.165) is 0 Å². The first kappa shape index (κ1) is 15.2. The fourth-order valence-electron chi connectivity index (χ4n) is 2.44. The summed E-state index contributed by atoms with van der Waals surface area (Å²) in [7, 11) is 0. The Bertz CT molecular complexity index is 498. The lowest BCUT2D eigenvalue weighted by Gasteiger charge is -2.12. The molecule has 1 aromatic carbocycles. The van der Waals surface area contributed by atoms with Gasteiger partial charge in [0.1, 0.15) is 5.75 Å². The van der Waals surface area contributed by atoms with Crippen LogP contribution in [0.15, 0.2) is 24.3 Å². The van der Waals surface area contributed by atoms with Crippen LogP contribution < -0.4 is 15.4 Å². The number of rotatable bonds is 6. The van der Waals surface area contributed by atoms with Gasteiger partial charge in [-0.1, -0.05) is 18.9 Å². The molecule has 1 saturated carbocycles. The van der Waals surface area contributed by atoms with E-state index >= 15 is 0 Å². The molecule has 0 heterocycles. The lowest BCUT2D eigenvalue weighted by molar-refractivity contribution is -0.139. The van der Waals surface area contributed by atoms with E-state index in [-0.39, 0.29) is 6.03 Å². The quantitative estimate of drug-likeness (QED) is 0.751. The van der Waals surface area contributed by atoms with Crippen molar-refractivity contribution in [1.82, 2.24) is 5.32 Å². The Kier molecular flexibility index (Phi) is 5.43. The second-order valence-electron chi connectivity index (χ2n) is 5.20. The lowest BCUT2D eigenvalue weighted by Crippen LogP contribution is -2.32. The number of benzene rings is 1. The van der Waals surface area contributed by atoms with Crippen molar-refractivity contribution in [1.29, 1.82) is 0 Å².